The number of para-hydroxylation sites is 1. The van der Waals surface area contributed by atoms with E-state index in [1.54, 1.807) is 20.1 Å². The Labute approximate surface area is 136 Å². The van der Waals surface area contributed by atoms with Gasteiger partial charge in [0.25, 0.3) is 5.91 Å². The van der Waals surface area contributed by atoms with Gasteiger partial charge in [-0.05, 0) is 26.8 Å². The van der Waals surface area contributed by atoms with Crippen LogP contribution in [0.25, 0.3) is 0 Å². The normalized spacial score (nSPS) is 10.5. The fourth-order valence-corrected chi connectivity index (χ4v) is 2.17. The zero-order chi connectivity index (χ0) is 16.8. The molecule has 122 valence electrons. The standard InChI is InChI=1S/C17H22N4O2/c1-11(2)19-16-9-14(20-12(3)21-16)17(22)18-10-13-7-5-6-8-15(13)23-4/h5-9,11H,10H2,1-4H3,(H,18,22)(H,19,20,21). The number of carbonyl (C=O) groups excluding carboxylic acids is 1. The van der Waals surface area contributed by atoms with Crippen LogP contribution in [0.3, 0.4) is 0 Å². The smallest absolute Gasteiger partial charge is 0.270 e. The van der Waals surface area contributed by atoms with Gasteiger partial charge in [0, 0.05) is 24.2 Å². The van der Waals surface area contributed by atoms with Crippen molar-refractivity contribution in [1.29, 1.82) is 0 Å². The van der Waals surface area contributed by atoms with Gasteiger partial charge in [0.05, 0.1) is 7.11 Å². The molecule has 23 heavy (non-hydrogen) atoms. The second kappa shape index (κ2) is 7.58. The van der Waals surface area contributed by atoms with E-state index in [2.05, 4.69) is 20.6 Å². The van der Waals surface area contributed by atoms with Gasteiger partial charge in [0.15, 0.2) is 0 Å². The van der Waals surface area contributed by atoms with Crippen LogP contribution in [-0.2, 0) is 6.54 Å². The van der Waals surface area contributed by atoms with Crippen molar-refractivity contribution < 1.29 is 9.53 Å². The molecule has 0 radical (unpaired) electrons. The van der Waals surface area contributed by atoms with Crippen molar-refractivity contribution in [1.82, 2.24) is 15.3 Å². The molecule has 2 rings (SSSR count). The molecule has 0 bridgehead atoms. The summed E-state index contributed by atoms with van der Waals surface area (Å²) in [5.74, 6) is 1.70. The Bertz CT molecular complexity index is 686. The fourth-order valence-electron chi connectivity index (χ4n) is 2.17. The maximum absolute atomic E-state index is 12.3. The van der Waals surface area contributed by atoms with Crippen LogP contribution in [0.4, 0.5) is 5.82 Å². The average Bonchev–Trinajstić information content (AvgIpc) is 2.51. The molecule has 1 aromatic heterocycles. The highest BCUT2D eigenvalue weighted by molar-refractivity contribution is 5.92. The highest BCUT2D eigenvalue weighted by Crippen LogP contribution is 2.17. The molecule has 1 heterocycles. The molecule has 0 spiro atoms. The molecule has 0 aliphatic carbocycles. The highest BCUT2D eigenvalue weighted by Gasteiger charge is 2.12. The lowest BCUT2D eigenvalue weighted by Gasteiger charge is -2.12. The Kier molecular flexibility index (Phi) is 5.51. The third-order valence-electron chi connectivity index (χ3n) is 3.14. The van der Waals surface area contributed by atoms with Gasteiger partial charge in [-0.15, -0.1) is 0 Å². The molecule has 0 atom stereocenters. The van der Waals surface area contributed by atoms with Gasteiger partial charge in [0.2, 0.25) is 0 Å². The van der Waals surface area contributed by atoms with Crippen LogP contribution in [-0.4, -0.2) is 29.0 Å². The van der Waals surface area contributed by atoms with Crippen LogP contribution in [0.1, 0.15) is 35.7 Å². The number of rotatable bonds is 6. The zero-order valence-corrected chi connectivity index (χ0v) is 13.9. The van der Waals surface area contributed by atoms with Gasteiger partial charge in [-0.3, -0.25) is 4.79 Å². The first-order valence-electron chi connectivity index (χ1n) is 7.52. The summed E-state index contributed by atoms with van der Waals surface area (Å²) in [4.78, 5) is 20.8. The van der Waals surface area contributed by atoms with Gasteiger partial charge in [-0.2, -0.15) is 0 Å². The maximum atomic E-state index is 12.3. The number of ether oxygens (including phenoxy) is 1. The minimum absolute atomic E-state index is 0.230. The Morgan fingerprint density at radius 1 is 1.26 bits per heavy atom. The van der Waals surface area contributed by atoms with Crippen LogP contribution in [0, 0.1) is 6.92 Å². The van der Waals surface area contributed by atoms with E-state index in [-0.39, 0.29) is 11.9 Å². The molecule has 0 saturated heterocycles. The van der Waals surface area contributed by atoms with E-state index in [1.807, 2.05) is 38.1 Å². The molecule has 0 aliphatic rings. The lowest BCUT2D eigenvalue weighted by atomic mass is 10.2. The highest BCUT2D eigenvalue weighted by atomic mass is 16.5. The minimum atomic E-state index is -0.242. The zero-order valence-electron chi connectivity index (χ0n) is 13.9. The predicted octanol–water partition coefficient (Wildman–Crippen LogP) is 2.54. The maximum Gasteiger partial charge on any atom is 0.270 e. The van der Waals surface area contributed by atoms with Crippen molar-refractivity contribution >= 4 is 11.7 Å². The van der Waals surface area contributed by atoms with Crippen molar-refractivity contribution in [3.05, 3.63) is 47.4 Å². The minimum Gasteiger partial charge on any atom is -0.496 e. The third-order valence-corrected chi connectivity index (χ3v) is 3.14. The number of anilines is 1. The van der Waals surface area contributed by atoms with E-state index in [9.17, 15) is 4.79 Å². The monoisotopic (exact) mass is 314 g/mol. The van der Waals surface area contributed by atoms with Crippen molar-refractivity contribution in [2.45, 2.75) is 33.4 Å². The molecule has 2 aromatic rings. The molecule has 0 saturated carbocycles. The summed E-state index contributed by atoms with van der Waals surface area (Å²) in [6.45, 7) is 6.17. The van der Waals surface area contributed by atoms with Gasteiger partial charge < -0.3 is 15.4 Å². The van der Waals surface area contributed by atoms with E-state index < -0.39 is 0 Å². The number of benzene rings is 1. The van der Waals surface area contributed by atoms with Crippen LogP contribution < -0.4 is 15.4 Å². The summed E-state index contributed by atoms with van der Waals surface area (Å²) >= 11 is 0. The van der Waals surface area contributed by atoms with Crippen LogP contribution in [0.2, 0.25) is 0 Å². The van der Waals surface area contributed by atoms with E-state index >= 15 is 0 Å². The second-order valence-electron chi connectivity index (χ2n) is 5.48. The number of hydrogen-bond donors (Lipinski definition) is 2. The van der Waals surface area contributed by atoms with Crippen LogP contribution in [0.5, 0.6) is 5.75 Å². The van der Waals surface area contributed by atoms with Gasteiger partial charge in [-0.1, -0.05) is 18.2 Å². The summed E-state index contributed by atoms with van der Waals surface area (Å²) in [5, 5.41) is 6.04. The van der Waals surface area contributed by atoms with Crippen molar-refractivity contribution in [3.63, 3.8) is 0 Å². The fraction of sp³-hybridized carbons (Fsp3) is 0.353. The molecule has 6 nitrogen and oxygen atoms in total. The number of nitrogens with one attached hydrogen (secondary N) is 2. The molecule has 0 unspecified atom stereocenters. The number of methoxy groups -OCH3 is 1. The topological polar surface area (TPSA) is 76.1 Å². The Hall–Kier alpha value is -2.63. The molecular formula is C17H22N4O2. The van der Waals surface area contributed by atoms with E-state index in [0.717, 1.165) is 11.3 Å². The Balaban J connectivity index is 2.10. The average molecular weight is 314 g/mol. The summed E-state index contributed by atoms with van der Waals surface area (Å²) in [5.41, 5.74) is 1.25. The number of carbonyl (C=O) groups is 1. The largest absolute Gasteiger partial charge is 0.496 e. The summed E-state index contributed by atoms with van der Waals surface area (Å²) in [6.07, 6.45) is 0. The first kappa shape index (κ1) is 16.7. The lowest BCUT2D eigenvalue weighted by molar-refractivity contribution is 0.0945. The van der Waals surface area contributed by atoms with Gasteiger partial charge in [0.1, 0.15) is 23.1 Å². The van der Waals surface area contributed by atoms with Crippen LogP contribution in [0.15, 0.2) is 30.3 Å². The molecule has 0 aliphatic heterocycles. The Morgan fingerprint density at radius 2 is 2.00 bits per heavy atom. The molecule has 0 fully saturated rings. The van der Waals surface area contributed by atoms with Crippen molar-refractivity contribution in [2.75, 3.05) is 12.4 Å². The SMILES string of the molecule is COc1ccccc1CNC(=O)c1cc(NC(C)C)nc(C)n1. The van der Waals surface area contributed by atoms with Gasteiger partial charge >= 0.3 is 0 Å². The molecule has 2 N–H and O–H groups in total. The number of nitrogens with zero attached hydrogens (tertiary/aromatic N) is 2. The number of hydrogen-bond acceptors (Lipinski definition) is 5. The number of aromatic nitrogens is 2. The number of aryl methyl sites for hydroxylation is 1. The summed E-state index contributed by atoms with van der Waals surface area (Å²) < 4.78 is 5.28. The predicted molar refractivity (Wildman–Crippen MR) is 89.7 cm³/mol. The van der Waals surface area contributed by atoms with Gasteiger partial charge in [-0.25, -0.2) is 9.97 Å². The first-order valence-corrected chi connectivity index (χ1v) is 7.52. The molecule has 1 amide bonds. The van der Waals surface area contributed by atoms with E-state index in [4.69, 9.17) is 4.74 Å². The summed E-state index contributed by atoms with van der Waals surface area (Å²) in [6, 6.07) is 9.46. The van der Waals surface area contributed by atoms with Crippen LogP contribution >= 0.6 is 0 Å². The quantitative estimate of drug-likeness (QED) is 0.857. The molecule has 6 heteroatoms. The first-order chi connectivity index (χ1) is 11.0. The van der Waals surface area contributed by atoms with Crippen molar-refractivity contribution in [2.24, 2.45) is 0 Å². The third kappa shape index (κ3) is 4.67. The Morgan fingerprint density at radius 3 is 2.70 bits per heavy atom. The molecule has 1 aromatic carbocycles. The lowest BCUT2D eigenvalue weighted by Crippen LogP contribution is -2.25. The molecular weight excluding hydrogens is 292 g/mol. The summed E-state index contributed by atoms with van der Waals surface area (Å²) in [7, 11) is 1.61. The van der Waals surface area contributed by atoms with E-state index in [1.165, 1.54) is 0 Å². The number of amides is 1. The second-order valence-corrected chi connectivity index (χ2v) is 5.48. The van der Waals surface area contributed by atoms with Crippen molar-refractivity contribution in [3.8, 4) is 5.75 Å². The van der Waals surface area contributed by atoms with E-state index in [0.29, 0.717) is 23.9 Å².